The number of carbonyl (C=O) groups excluding carboxylic acids is 1. The van der Waals surface area contributed by atoms with Gasteiger partial charge in [-0.05, 0) is 18.1 Å². The van der Waals surface area contributed by atoms with Crippen molar-refractivity contribution < 1.29 is 14.6 Å². The first-order valence-electron chi connectivity index (χ1n) is 9.51. The first-order valence-corrected chi connectivity index (χ1v) is 9.51. The second-order valence-corrected chi connectivity index (χ2v) is 7.81. The molecule has 0 spiro atoms. The van der Waals surface area contributed by atoms with Crippen molar-refractivity contribution in [3.8, 4) is 5.75 Å². The molecule has 152 valence electrons. The maximum Gasteiger partial charge on any atom is 0.227 e. The van der Waals surface area contributed by atoms with Crippen molar-refractivity contribution >= 4 is 5.91 Å². The van der Waals surface area contributed by atoms with E-state index >= 15 is 0 Å². The lowest BCUT2D eigenvalue weighted by Crippen LogP contribution is -2.36. The number of rotatable bonds is 8. The minimum absolute atomic E-state index is 0.0733. The maximum absolute atomic E-state index is 12.8. The zero-order chi connectivity index (χ0) is 20.7. The lowest BCUT2D eigenvalue weighted by molar-refractivity contribution is -0.132. The summed E-state index contributed by atoms with van der Waals surface area (Å²) in [6, 6.07) is 1.69. The highest BCUT2D eigenvalue weighted by atomic mass is 16.5. The number of amides is 1. The molecule has 28 heavy (non-hydrogen) atoms. The molecule has 0 bridgehead atoms. The molecule has 0 aliphatic rings. The smallest absolute Gasteiger partial charge is 0.227 e. The van der Waals surface area contributed by atoms with Crippen molar-refractivity contribution in [3.63, 3.8) is 0 Å². The summed E-state index contributed by atoms with van der Waals surface area (Å²) in [7, 11) is 1.54. The topological polar surface area (TPSA) is 88.4 Å². The Morgan fingerprint density at radius 3 is 2.50 bits per heavy atom. The van der Waals surface area contributed by atoms with Crippen molar-refractivity contribution in [3.05, 3.63) is 47.8 Å². The summed E-state index contributed by atoms with van der Waals surface area (Å²) in [6.45, 7) is 8.87. The Hall–Kier alpha value is -2.54. The maximum atomic E-state index is 12.8. The van der Waals surface area contributed by atoms with Crippen LogP contribution in [0.1, 0.15) is 57.2 Å². The van der Waals surface area contributed by atoms with E-state index in [4.69, 9.17) is 4.74 Å². The second kappa shape index (κ2) is 9.59. The molecule has 2 rings (SSSR count). The zero-order valence-electron chi connectivity index (χ0n) is 17.3. The highest BCUT2D eigenvalue weighted by Gasteiger charge is 2.22. The number of nitrogens with zero attached hydrogens (tertiary/aromatic N) is 4. The van der Waals surface area contributed by atoms with Gasteiger partial charge in [-0.3, -0.25) is 9.78 Å². The molecular formula is C21H30N4O3. The van der Waals surface area contributed by atoms with Crippen LogP contribution in [0.2, 0.25) is 0 Å². The fourth-order valence-corrected chi connectivity index (χ4v) is 2.84. The summed E-state index contributed by atoms with van der Waals surface area (Å²) < 4.78 is 5.28. The number of aromatic nitrogens is 3. The van der Waals surface area contributed by atoms with E-state index in [-0.39, 0.29) is 24.3 Å². The molecule has 0 fully saturated rings. The Kier molecular flexibility index (Phi) is 7.45. The third-order valence-corrected chi connectivity index (χ3v) is 4.36. The number of pyridine rings is 1. The first kappa shape index (κ1) is 21.8. The molecule has 2 heterocycles. The third-order valence-electron chi connectivity index (χ3n) is 4.36. The van der Waals surface area contributed by atoms with Crippen LogP contribution < -0.4 is 4.74 Å². The molecule has 0 saturated carbocycles. The van der Waals surface area contributed by atoms with Gasteiger partial charge in [-0.15, -0.1) is 0 Å². The molecule has 1 N–H and O–H groups in total. The molecule has 0 aromatic carbocycles. The summed E-state index contributed by atoms with van der Waals surface area (Å²) in [4.78, 5) is 27.3. The van der Waals surface area contributed by atoms with E-state index < -0.39 is 6.10 Å². The van der Waals surface area contributed by atoms with E-state index in [2.05, 4.69) is 15.0 Å². The van der Waals surface area contributed by atoms with Crippen LogP contribution >= 0.6 is 0 Å². The van der Waals surface area contributed by atoms with Crippen molar-refractivity contribution in [2.24, 2.45) is 0 Å². The Morgan fingerprint density at radius 1 is 1.25 bits per heavy atom. The summed E-state index contributed by atoms with van der Waals surface area (Å²) in [6.07, 6.45) is 6.69. The third kappa shape index (κ3) is 5.73. The number of aliphatic hydroxyl groups excluding tert-OH is 1. The second-order valence-electron chi connectivity index (χ2n) is 7.81. The highest BCUT2D eigenvalue weighted by Crippen LogP contribution is 2.24. The number of methoxy groups -OCH3 is 1. The van der Waals surface area contributed by atoms with Crippen molar-refractivity contribution in [2.75, 3.05) is 20.2 Å². The van der Waals surface area contributed by atoms with Crippen molar-refractivity contribution in [1.82, 2.24) is 19.9 Å². The standard InChI is InChI=1S/C21H30N4O3/c1-6-9-25(14-17(26)16-13-22-8-7-18(16)28-5)19(27)10-15-11-23-20(24-12-15)21(2,3)4/h7-8,11-13,17,26H,6,9-10,14H2,1-5H3. The Balaban J connectivity index is 2.09. The van der Waals surface area contributed by atoms with E-state index in [1.54, 1.807) is 42.9 Å². The lowest BCUT2D eigenvalue weighted by atomic mass is 9.96. The summed E-state index contributed by atoms with van der Waals surface area (Å²) in [5.41, 5.74) is 1.19. The predicted molar refractivity (Wildman–Crippen MR) is 107 cm³/mol. The van der Waals surface area contributed by atoms with Crippen LogP contribution in [0.15, 0.2) is 30.9 Å². The molecule has 2 aromatic rings. The van der Waals surface area contributed by atoms with Crippen LogP contribution in [0.5, 0.6) is 5.75 Å². The fraction of sp³-hybridized carbons (Fsp3) is 0.524. The molecule has 2 aromatic heterocycles. The largest absolute Gasteiger partial charge is 0.496 e. The fourth-order valence-electron chi connectivity index (χ4n) is 2.84. The van der Waals surface area contributed by atoms with Crippen molar-refractivity contribution in [1.29, 1.82) is 0 Å². The van der Waals surface area contributed by atoms with E-state index in [1.165, 1.54) is 0 Å². The number of hydrogen-bond acceptors (Lipinski definition) is 6. The lowest BCUT2D eigenvalue weighted by Gasteiger charge is -2.26. The van der Waals surface area contributed by atoms with E-state index in [0.29, 0.717) is 17.9 Å². The van der Waals surface area contributed by atoms with Gasteiger partial charge in [0.05, 0.1) is 20.1 Å². The van der Waals surface area contributed by atoms with Crippen LogP contribution in [-0.4, -0.2) is 51.1 Å². The molecule has 7 nitrogen and oxygen atoms in total. The van der Waals surface area contributed by atoms with Crippen LogP contribution in [0, 0.1) is 0 Å². The Labute approximate surface area is 166 Å². The molecule has 0 aliphatic heterocycles. The van der Waals surface area contributed by atoms with Gasteiger partial charge in [-0.25, -0.2) is 9.97 Å². The number of carbonyl (C=O) groups is 1. The Bertz CT molecular complexity index is 772. The molecule has 0 radical (unpaired) electrons. The van der Waals surface area contributed by atoms with Gasteiger partial charge in [0.1, 0.15) is 17.7 Å². The van der Waals surface area contributed by atoms with Gasteiger partial charge in [0.2, 0.25) is 5.91 Å². The van der Waals surface area contributed by atoms with Crippen LogP contribution in [0.25, 0.3) is 0 Å². The van der Waals surface area contributed by atoms with E-state index in [1.807, 2.05) is 27.7 Å². The molecule has 0 aliphatic carbocycles. The van der Waals surface area contributed by atoms with Crippen LogP contribution in [0.3, 0.4) is 0 Å². The van der Waals surface area contributed by atoms with Gasteiger partial charge < -0.3 is 14.7 Å². The summed E-state index contributed by atoms with van der Waals surface area (Å²) in [5.74, 6) is 1.22. The average Bonchev–Trinajstić information content (AvgIpc) is 2.67. The molecule has 7 heteroatoms. The van der Waals surface area contributed by atoms with Crippen molar-refractivity contribution in [2.45, 2.75) is 52.1 Å². The molecule has 1 amide bonds. The number of ether oxygens (including phenoxy) is 1. The number of aliphatic hydroxyl groups is 1. The van der Waals surface area contributed by atoms with Gasteiger partial charge >= 0.3 is 0 Å². The molecule has 0 saturated heterocycles. The first-order chi connectivity index (χ1) is 13.3. The van der Waals surface area contributed by atoms with Gasteiger partial charge in [-0.1, -0.05) is 27.7 Å². The monoisotopic (exact) mass is 386 g/mol. The van der Waals surface area contributed by atoms with Crippen LogP contribution in [-0.2, 0) is 16.6 Å². The van der Waals surface area contributed by atoms with E-state index in [0.717, 1.165) is 17.8 Å². The highest BCUT2D eigenvalue weighted by molar-refractivity contribution is 5.78. The predicted octanol–water partition coefficient (Wildman–Crippen LogP) is 2.69. The molecule has 1 unspecified atom stereocenters. The molecular weight excluding hydrogens is 356 g/mol. The van der Waals surface area contributed by atoms with Gasteiger partial charge in [0, 0.05) is 42.3 Å². The van der Waals surface area contributed by atoms with E-state index in [9.17, 15) is 9.90 Å². The minimum Gasteiger partial charge on any atom is -0.496 e. The van der Waals surface area contributed by atoms with Crippen LogP contribution in [0.4, 0.5) is 0 Å². The normalized spacial score (nSPS) is 12.5. The van der Waals surface area contributed by atoms with Gasteiger partial charge in [-0.2, -0.15) is 0 Å². The quantitative estimate of drug-likeness (QED) is 0.750. The van der Waals surface area contributed by atoms with Gasteiger partial charge in [0.15, 0.2) is 0 Å². The molecule has 1 atom stereocenters. The Morgan fingerprint density at radius 2 is 1.93 bits per heavy atom. The summed E-state index contributed by atoms with van der Waals surface area (Å²) >= 11 is 0. The zero-order valence-corrected chi connectivity index (χ0v) is 17.3. The average molecular weight is 386 g/mol. The minimum atomic E-state index is -0.876. The van der Waals surface area contributed by atoms with Gasteiger partial charge in [0.25, 0.3) is 0 Å². The SMILES string of the molecule is CCCN(CC(O)c1cnccc1OC)C(=O)Cc1cnc(C(C)(C)C)nc1. The number of hydrogen-bond donors (Lipinski definition) is 1. The summed E-state index contributed by atoms with van der Waals surface area (Å²) in [5, 5.41) is 10.6.